The second-order valence-electron chi connectivity index (χ2n) is 4.74. The van der Waals surface area contributed by atoms with Crippen LogP contribution < -0.4 is 11.5 Å². The average molecular weight is 304 g/mol. The first-order valence-electron chi connectivity index (χ1n) is 7.09. The first kappa shape index (κ1) is 19.5. The summed E-state index contributed by atoms with van der Waals surface area (Å²) in [6.45, 7) is 2.32. The van der Waals surface area contributed by atoms with Crippen molar-refractivity contribution in [3.05, 3.63) is 0 Å². The average Bonchev–Trinajstić information content (AvgIpc) is 2.44. The van der Waals surface area contributed by atoms with Crippen molar-refractivity contribution in [1.29, 1.82) is 0 Å². The van der Waals surface area contributed by atoms with Crippen molar-refractivity contribution in [2.24, 2.45) is 11.5 Å². The van der Waals surface area contributed by atoms with E-state index in [0.717, 1.165) is 25.7 Å². The molecule has 0 atom stereocenters. The van der Waals surface area contributed by atoms with Gasteiger partial charge in [-0.3, -0.25) is 0 Å². The van der Waals surface area contributed by atoms with Gasteiger partial charge in [-0.15, -0.1) is 0 Å². The molecule has 0 aromatic carbocycles. The third-order valence-corrected chi connectivity index (χ3v) is 3.02. The SMILES string of the molecule is COCCCCN(CN(CCCCOC)C(N)=O)C(N)=O. The zero-order chi connectivity index (χ0) is 16.1. The Labute approximate surface area is 126 Å². The Morgan fingerprint density at radius 3 is 1.48 bits per heavy atom. The molecule has 0 aliphatic rings. The minimum atomic E-state index is -0.560. The zero-order valence-electron chi connectivity index (χ0n) is 13.0. The van der Waals surface area contributed by atoms with E-state index >= 15 is 0 Å². The smallest absolute Gasteiger partial charge is 0.316 e. The molecule has 0 heterocycles. The molecular weight excluding hydrogens is 276 g/mol. The Kier molecular flexibility index (Phi) is 11.3. The molecule has 0 saturated carbocycles. The number of carbonyl (C=O) groups is 2. The van der Waals surface area contributed by atoms with Crippen LogP contribution in [0.3, 0.4) is 0 Å². The maximum Gasteiger partial charge on any atom is 0.316 e. The number of rotatable bonds is 12. The van der Waals surface area contributed by atoms with Gasteiger partial charge in [-0.2, -0.15) is 0 Å². The van der Waals surface area contributed by atoms with E-state index in [9.17, 15) is 9.59 Å². The highest BCUT2D eigenvalue weighted by molar-refractivity contribution is 5.74. The van der Waals surface area contributed by atoms with Crippen molar-refractivity contribution in [1.82, 2.24) is 9.80 Å². The Hall–Kier alpha value is -1.54. The van der Waals surface area contributed by atoms with Gasteiger partial charge in [0.15, 0.2) is 0 Å². The lowest BCUT2D eigenvalue weighted by Crippen LogP contribution is -2.48. The van der Waals surface area contributed by atoms with Gasteiger partial charge in [0.1, 0.15) is 0 Å². The van der Waals surface area contributed by atoms with Gasteiger partial charge in [0.2, 0.25) is 0 Å². The third-order valence-electron chi connectivity index (χ3n) is 3.02. The lowest BCUT2D eigenvalue weighted by molar-refractivity contribution is 0.141. The topological polar surface area (TPSA) is 111 Å². The molecule has 0 aromatic rings. The van der Waals surface area contributed by atoms with Crippen molar-refractivity contribution in [3.8, 4) is 0 Å². The number of urea groups is 2. The molecule has 0 radical (unpaired) electrons. The fourth-order valence-electron chi connectivity index (χ4n) is 1.81. The highest BCUT2D eigenvalue weighted by Crippen LogP contribution is 2.02. The number of unbranched alkanes of at least 4 members (excludes halogenated alkanes) is 2. The molecule has 0 fully saturated rings. The van der Waals surface area contributed by atoms with Crippen LogP contribution in [0, 0.1) is 0 Å². The lowest BCUT2D eigenvalue weighted by atomic mass is 10.3. The molecule has 4 amide bonds. The Bertz CT molecular complexity index is 274. The van der Waals surface area contributed by atoms with E-state index in [-0.39, 0.29) is 6.67 Å². The highest BCUT2D eigenvalue weighted by Gasteiger charge is 2.16. The summed E-state index contributed by atoms with van der Waals surface area (Å²) in [7, 11) is 3.25. The standard InChI is InChI=1S/C13H28N4O4/c1-20-9-5-3-7-16(12(14)18)11-17(13(15)19)8-4-6-10-21-2/h3-11H2,1-2H3,(H2,14,18)(H2,15,19). The molecule has 0 aromatic heterocycles. The van der Waals surface area contributed by atoms with Gasteiger partial charge >= 0.3 is 12.1 Å². The molecule has 8 nitrogen and oxygen atoms in total. The highest BCUT2D eigenvalue weighted by atomic mass is 16.5. The molecule has 0 unspecified atom stereocenters. The third kappa shape index (κ3) is 9.91. The Morgan fingerprint density at radius 1 is 0.810 bits per heavy atom. The van der Waals surface area contributed by atoms with Gasteiger partial charge in [-0.25, -0.2) is 9.59 Å². The summed E-state index contributed by atoms with van der Waals surface area (Å²) in [5, 5.41) is 0. The van der Waals surface area contributed by atoms with E-state index in [4.69, 9.17) is 20.9 Å². The van der Waals surface area contributed by atoms with Crippen LogP contribution in [0.2, 0.25) is 0 Å². The summed E-state index contributed by atoms with van der Waals surface area (Å²) in [6.07, 6.45) is 3.16. The summed E-state index contributed by atoms with van der Waals surface area (Å²) < 4.78 is 9.90. The number of methoxy groups -OCH3 is 2. The minimum Gasteiger partial charge on any atom is -0.385 e. The summed E-state index contributed by atoms with van der Waals surface area (Å²) in [6, 6.07) is -1.12. The largest absolute Gasteiger partial charge is 0.385 e. The van der Waals surface area contributed by atoms with Gasteiger partial charge in [0, 0.05) is 40.5 Å². The van der Waals surface area contributed by atoms with E-state index < -0.39 is 12.1 Å². The molecule has 0 aliphatic heterocycles. The number of nitrogens with zero attached hydrogens (tertiary/aromatic N) is 2. The first-order chi connectivity index (χ1) is 10.0. The van der Waals surface area contributed by atoms with Gasteiger partial charge < -0.3 is 30.7 Å². The molecule has 124 valence electrons. The van der Waals surface area contributed by atoms with Crippen LogP contribution >= 0.6 is 0 Å². The van der Waals surface area contributed by atoms with E-state index in [2.05, 4.69) is 0 Å². The second-order valence-corrected chi connectivity index (χ2v) is 4.74. The van der Waals surface area contributed by atoms with Crippen LogP contribution in [0.25, 0.3) is 0 Å². The Morgan fingerprint density at radius 2 is 1.19 bits per heavy atom. The van der Waals surface area contributed by atoms with E-state index in [1.165, 1.54) is 9.80 Å². The minimum absolute atomic E-state index is 0.116. The van der Waals surface area contributed by atoms with Gasteiger partial charge in [0.05, 0.1) is 6.67 Å². The molecule has 4 N–H and O–H groups in total. The summed E-state index contributed by atoms with van der Waals surface area (Å²) in [5.41, 5.74) is 10.7. The van der Waals surface area contributed by atoms with E-state index in [1.807, 2.05) is 0 Å². The zero-order valence-corrected chi connectivity index (χ0v) is 13.0. The van der Waals surface area contributed by atoms with Crippen LogP contribution in [0.15, 0.2) is 0 Å². The monoisotopic (exact) mass is 304 g/mol. The molecule has 21 heavy (non-hydrogen) atoms. The van der Waals surface area contributed by atoms with Crippen molar-refractivity contribution in [2.75, 3.05) is 47.2 Å². The summed E-state index contributed by atoms with van der Waals surface area (Å²) in [5.74, 6) is 0. The predicted octanol–water partition coefficient (Wildman–Crippen LogP) is 0.559. The normalized spacial score (nSPS) is 10.4. The van der Waals surface area contributed by atoms with Crippen LogP contribution in [0.5, 0.6) is 0 Å². The number of hydrogen-bond donors (Lipinski definition) is 2. The number of hydrogen-bond acceptors (Lipinski definition) is 4. The van der Waals surface area contributed by atoms with Gasteiger partial charge in [-0.05, 0) is 25.7 Å². The van der Waals surface area contributed by atoms with Crippen molar-refractivity contribution in [2.45, 2.75) is 25.7 Å². The number of primary amides is 2. The van der Waals surface area contributed by atoms with Crippen LogP contribution in [0.1, 0.15) is 25.7 Å². The van der Waals surface area contributed by atoms with E-state index in [1.54, 1.807) is 14.2 Å². The van der Waals surface area contributed by atoms with Crippen LogP contribution in [0.4, 0.5) is 9.59 Å². The van der Waals surface area contributed by atoms with Crippen molar-refractivity contribution in [3.63, 3.8) is 0 Å². The number of nitrogens with two attached hydrogens (primary N) is 2. The molecule has 0 spiro atoms. The Balaban J connectivity index is 4.25. The molecular formula is C13H28N4O4. The quantitative estimate of drug-likeness (QED) is 0.405. The van der Waals surface area contributed by atoms with Crippen LogP contribution in [-0.2, 0) is 9.47 Å². The summed E-state index contributed by atoms with van der Waals surface area (Å²) >= 11 is 0. The van der Waals surface area contributed by atoms with Crippen molar-refractivity contribution >= 4 is 12.1 Å². The van der Waals surface area contributed by atoms with Gasteiger partial charge in [-0.1, -0.05) is 0 Å². The maximum atomic E-state index is 11.4. The fourth-order valence-corrected chi connectivity index (χ4v) is 1.81. The molecule has 0 bridgehead atoms. The lowest BCUT2D eigenvalue weighted by Gasteiger charge is -2.28. The molecule has 0 aliphatic carbocycles. The summed E-state index contributed by atoms with van der Waals surface area (Å²) in [4.78, 5) is 25.7. The molecule has 8 heteroatoms. The number of ether oxygens (including phenoxy) is 2. The second kappa shape index (κ2) is 12.2. The maximum absolute atomic E-state index is 11.4. The fraction of sp³-hybridized carbons (Fsp3) is 0.846. The first-order valence-corrected chi connectivity index (χ1v) is 7.09. The molecule has 0 saturated heterocycles. The van der Waals surface area contributed by atoms with Crippen LogP contribution in [-0.4, -0.2) is 69.1 Å². The number of amides is 4. The van der Waals surface area contributed by atoms with E-state index in [0.29, 0.717) is 26.3 Å². The molecule has 0 rings (SSSR count). The van der Waals surface area contributed by atoms with Gasteiger partial charge in [0.25, 0.3) is 0 Å². The van der Waals surface area contributed by atoms with Crippen molar-refractivity contribution < 1.29 is 19.1 Å². The number of carbonyl (C=O) groups excluding carboxylic acids is 2. The predicted molar refractivity (Wildman–Crippen MR) is 79.7 cm³/mol.